The predicted octanol–water partition coefficient (Wildman–Crippen LogP) is -0.215. The van der Waals surface area contributed by atoms with Crippen molar-refractivity contribution >= 4 is 5.97 Å². The molecule has 0 amide bonds. The highest BCUT2D eigenvalue weighted by Gasteiger charge is 2.39. The lowest BCUT2D eigenvalue weighted by atomic mass is 10.2. The summed E-state index contributed by atoms with van der Waals surface area (Å²) in [5.74, 6) is -1.81. The van der Waals surface area contributed by atoms with Gasteiger partial charge < -0.3 is 15.0 Å². The first-order chi connectivity index (χ1) is 9.32. The molecule has 0 fully saturated rings. The van der Waals surface area contributed by atoms with Crippen LogP contribution < -0.4 is 5.32 Å². The number of nitrogens with zero attached hydrogens (tertiary/aromatic N) is 4. The van der Waals surface area contributed by atoms with Gasteiger partial charge in [0.1, 0.15) is 11.9 Å². The molecule has 7 nitrogen and oxygen atoms in total. The first kappa shape index (κ1) is 14.7. The minimum absolute atomic E-state index is 0.0905. The molecule has 1 aliphatic rings. The molecule has 20 heavy (non-hydrogen) atoms. The van der Waals surface area contributed by atoms with E-state index >= 15 is 0 Å². The van der Waals surface area contributed by atoms with E-state index in [0.717, 1.165) is 4.57 Å². The average molecular weight is 293 g/mol. The van der Waals surface area contributed by atoms with Crippen LogP contribution in [0.3, 0.4) is 0 Å². The van der Waals surface area contributed by atoms with Gasteiger partial charge in [0.25, 0.3) is 0 Å². The second kappa shape index (κ2) is 5.37. The maximum atomic E-state index is 12.7. The number of rotatable bonds is 4. The first-order valence-electron chi connectivity index (χ1n) is 5.94. The number of nitrogens with one attached hydrogen (secondary N) is 1. The number of carbonyl (C=O) groups is 1. The van der Waals surface area contributed by atoms with Gasteiger partial charge >= 0.3 is 12.1 Å². The number of hydrogen-bond acceptors (Lipinski definition) is 5. The fourth-order valence-corrected chi connectivity index (χ4v) is 2.12. The monoisotopic (exact) mass is 293 g/mol. The summed E-state index contributed by atoms with van der Waals surface area (Å²) in [5.41, 5.74) is 0. The fraction of sp³-hybridized carbons (Fsp3) is 0.700. The van der Waals surface area contributed by atoms with Crippen molar-refractivity contribution in [2.24, 2.45) is 0 Å². The highest BCUT2D eigenvalue weighted by Crippen LogP contribution is 2.29. The van der Waals surface area contributed by atoms with E-state index in [1.54, 1.807) is 4.90 Å². The van der Waals surface area contributed by atoms with Crippen LogP contribution in [-0.2, 0) is 24.1 Å². The number of likely N-dealkylation sites (N-methyl/N-ethyl adjacent to an activating group) is 1. The van der Waals surface area contributed by atoms with Gasteiger partial charge in [0, 0.05) is 19.6 Å². The predicted molar refractivity (Wildman–Crippen MR) is 60.8 cm³/mol. The van der Waals surface area contributed by atoms with Gasteiger partial charge in [-0.1, -0.05) is 0 Å². The highest BCUT2D eigenvalue weighted by atomic mass is 19.4. The second-order valence-corrected chi connectivity index (χ2v) is 4.50. The number of alkyl halides is 3. The SMILES string of the molecule is CNC(CN1CCn2c(nnc2C(F)(F)F)C1)C(=O)O. The quantitative estimate of drug-likeness (QED) is 0.799. The molecule has 112 valence electrons. The minimum Gasteiger partial charge on any atom is -0.480 e. The van der Waals surface area contributed by atoms with E-state index in [4.69, 9.17) is 5.11 Å². The van der Waals surface area contributed by atoms with Crippen LogP contribution in [0.25, 0.3) is 0 Å². The number of aliphatic carboxylic acids is 1. The topological polar surface area (TPSA) is 83.3 Å². The van der Waals surface area contributed by atoms with Crippen LogP contribution in [0.5, 0.6) is 0 Å². The van der Waals surface area contributed by atoms with Crippen molar-refractivity contribution in [3.63, 3.8) is 0 Å². The van der Waals surface area contributed by atoms with Crippen LogP contribution in [0, 0.1) is 0 Å². The molecule has 0 bridgehead atoms. The van der Waals surface area contributed by atoms with Gasteiger partial charge in [-0.25, -0.2) is 0 Å². The summed E-state index contributed by atoms with van der Waals surface area (Å²) in [6, 6.07) is -0.772. The Labute approximate surface area is 112 Å². The minimum atomic E-state index is -4.53. The van der Waals surface area contributed by atoms with E-state index in [0.29, 0.717) is 6.54 Å². The number of aromatic nitrogens is 3. The molecule has 1 aromatic rings. The molecule has 10 heteroatoms. The Bertz CT molecular complexity index is 502. The third kappa shape index (κ3) is 2.90. The molecule has 0 aliphatic carbocycles. The molecule has 1 unspecified atom stereocenters. The first-order valence-corrected chi connectivity index (χ1v) is 5.94. The van der Waals surface area contributed by atoms with Crippen LogP contribution in [0.1, 0.15) is 11.6 Å². The van der Waals surface area contributed by atoms with E-state index in [1.165, 1.54) is 7.05 Å². The summed E-state index contributed by atoms with van der Waals surface area (Å²) in [6.07, 6.45) is -4.53. The molecule has 2 rings (SSSR count). The average Bonchev–Trinajstić information content (AvgIpc) is 2.78. The third-order valence-electron chi connectivity index (χ3n) is 3.17. The Morgan fingerprint density at radius 3 is 2.70 bits per heavy atom. The highest BCUT2D eigenvalue weighted by molar-refractivity contribution is 5.73. The number of carboxylic acids is 1. The summed E-state index contributed by atoms with van der Waals surface area (Å²) >= 11 is 0. The Morgan fingerprint density at radius 1 is 1.45 bits per heavy atom. The van der Waals surface area contributed by atoms with Gasteiger partial charge in [0.15, 0.2) is 0 Å². The normalized spacial score (nSPS) is 17.8. The van der Waals surface area contributed by atoms with E-state index in [9.17, 15) is 18.0 Å². The number of carboxylic acid groups (broad SMARTS) is 1. The molecule has 1 aliphatic heterocycles. The second-order valence-electron chi connectivity index (χ2n) is 4.50. The summed E-state index contributed by atoms with van der Waals surface area (Å²) < 4.78 is 39.0. The zero-order valence-electron chi connectivity index (χ0n) is 10.7. The Hall–Kier alpha value is -1.68. The molecule has 0 aromatic carbocycles. The smallest absolute Gasteiger partial charge is 0.451 e. The van der Waals surface area contributed by atoms with E-state index in [1.807, 2.05) is 0 Å². The van der Waals surface area contributed by atoms with E-state index in [-0.39, 0.29) is 25.5 Å². The Kier molecular flexibility index (Phi) is 3.95. The van der Waals surface area contributed by atoms with E-state index < -0.39 is 24.0 Å². The van der Waals surface area contributed by atoms with Crippen LogP contribution in [0.2, 0.25) is 0 Å². The zero-order valence-corrected chi connectivity index (χ0v) is 10.7. The molecular weight excluding hydrogens is 279 g/mol. The van der Waals surface area contributed by atoms with Gasteiger partial charge in [0.2, 0.25) is 5.82 Å². The summed E-state index contributed by atoms with van der Waals surface area (Å²) in [6.45, 7) is 0.751. The molecule has 2 N–H and O–H groups in total. The molecule has 0 saturated heterocycles. The molecule has 2 heterocycles. The van der Waals surface area contributed by atoms with Crippen molar-refractivity contribution < 1.29 is 23.1 Å². The van der Waals surface area contributed by atoms with Crippen LogP contribution in [-0.4, -0.2) is 56.9 Å². The van der Waals surface area contributed by atoms with E-state index in [2.05, 4.69) is 15.5 Å². The zero-order chi connectivity index (χ0) is 14.9. The molecular formula is C10H14F3N5O2. The molecule has 0 spiro atoms. The summed E-state index contributed by atoms with van der Waals surface area (Å²) in [5, 5.41) is 18.3. The maximum absolute atomic E-state index is 12.7. The van der Waals surface area contributed by atoms with Gasteiger partial charge in [-0.2, -0.15) is 13.2 Å². The van der Waals surface area contributed by atoms with Crippen molar-refractivity contribution in [1.29, 1.82) is 0 Å². The summed E-state index contributed by atoms with van der Waals surface area (Å²) in [4.78, 5) is 12.6. The number of hydrogen-bond donors (Lipinski definition) is 2. The Balaban J connectivity index is 2.09. The van der Waals surface area contributed by atoms with Crippen molar-refractivity contribution in [2.45, 2.75) is 25.3 Å². The Morgan fingerprint density at radius 2 is 2.15 bits per heavy atom. The largest absolute Gasteiger partial charge is 0.480 e. The van der Waals surface area contributed by atoms with Crippen molar-refractivity contribution in [3.05, 3.63) is 11.6 Å². The van der Waals surface area contributed by atoms with Gasteiger partial charge in [-0.3, -0.25) is 9.69 Å². The van der Waals surface area contributed by atoms with Gasteiger partial charge in [-0.05, 0) is 7.05 Å². The molecule has 0 saturated carbocycles. The lowest BCUT2D eigenvalue weighted by Gasteiger charge is -2.29. The standard InChI is InChI=1S/C10H14F3N5O2/c1-14-6(8(19)20)4-17-2-3-18-7(5-17)15-16-9(18)10(11,12)13/h6,14H,2-5H2,1H3,(H,19,20). The van der Waals surface area contributed by atoms with Crippen molar-refractivity contribution in [3.8, 4) is 0 Å². The van der Waals surface area contributed by atoms with Crippen molar-refractivity contribution in [1.82, 2.24) is 25.0 Å². The lowest BCUT2D eigenvalue weighted by molar-refractivity contribution is -0.148. The number of halogens is 3. The summed E-state index contributed by atoms with van der Waals surface area (Å²) in [7, 11) is 1.52. The molecule has 1 atom stereocenters. The number of fused-ring (bicyclic) bond motifs is 1. The van der Waals surface area contributed by atoms with Crippen LogP contribution in [0.4, 0.5) is 13.2 Å². The third-order valence-corrected chi connectivity index (χ3v) is 3.17. The van der Waals surface area contributed by atoms with Crippen LogP contribution in [0.15, 0.2) is 0 Å². The molecule has 1 aromatic heterocycles. The van der Waals surface area contributed by atoms with Crippen molar-refractivity contribution in [2.75, 3.05) is 20.1 Å². The van der Waals surface area contributed by atoms with Gasteiger partial charge in [0.05, 0.1) is 6.54 Å². The van der Waals surface area contributed by atoms with Gasteiger partial charge in [-0.15, -0.1) is 10.2 Å². The lowest BCUT2D eigenvalue weighted by Crippen LogP contribution is -2.47. The molecule has 0 radical (unpaired) electrons. The fourth-order valence-electron chi connectivity index (χ4n) is 2.12. The van der Waals surface area contributed by atoms with Crippen LogP contribution >= 0.6 is 0 Å². The maximum Gasteiger partial charge on any atom is 0.451 e.